The fraction of sp³-hybridized carbons (Fsp3) is 0.263. The molecule has 142 valence electrons. The number of anilines is 1. The number of nitriles is 1. The van der Waals surface area contributed by atoms with Gasteiger partial charge in [0.1, 0.15) is 5.75 Å². The van der Waals surface area contributed by atoms with Crippen LogP contribution in [0.3, 0.4) is 0 Å². The lowest BCUT2D eigenvalue weighted by molar-refractivity contribution is -0.137. The summed E-state index contributed by atoms with van der Waals surface area (Å²) in [6.07, 6.45) is -4.56. The number of rotatable bonds is 6. The average Bonchev–Trinajstić information content (AvgIpc) is 2.61. The zero-order chi connectivity index (χ0) is 20.0. The first-order valence-electron chi connectivity index (χ1n) is 7.96. The number of aryl methyl sites for hydroxylation is 1. The van der Waals surface area contributed by atoms with Crippen molar-refractivity contribution in [2.75, 3.05) is 18.1 Å². The largest absolute Gasteiger partial charge is 0.483 e. The van der Waals surface area contributed by atoms with Gasteiger partial charge >= 0.3 is 6.18 Å². The summed E-state index contributed by atoms with van der Waals surface area (Å²) in [5.41, 5.74) is -0.0938. The van der Waals surface area contributed by atoms with Gasteiger partial charge in [-0.1, -0.05) is 17.7 Å². The lowest BCUT2D eigenvalue weighted by Crippen LogP contribution is -2.36. The van der Waals surface area contributed by atoms with Gasteiger partial charge in [-0.25, -0.2) is 0 Å². The highest BCUT2D eigenvalue weighted by molar-refractivity contribution is 6.30. The Labute approximate surface area is 159 Å². The Morgan fingerprint density at radius 2 is 2.00 bits per heavy atom. The van der Waals surface area contributed by atoms with Gasteiger partial charge in [0.2, 0.25) is 0 Å². The molecule has 0 fully saturated rings. The van der Waals surface area contributed by atoms with Crippen molar-refractivity contribution in [3.05, 3.63) is 58.6 Å². The molecule has 0 radical (unpaired) electrons. The van der Waals surface area contributed by atoms with E-state index in [1.165, 1.54) is 12.1 Å². The average molecular weight is 397 g/mol. The Kier molecular flexibility index (Phi) is 6.70. The van der Waals surface area contributed by atoms with Crippen LogP contribution in [-0.4, -0.2) is 19.1 Å². The van der Waals surface area contributed by atoms with Crippen LogP contribution in [0.15, 0.2) is 42.5 Å². The van der Waals surface area contributed by atoms with Crippen LogP contribution in [0.4, 0.5) is 18.9 Å². The van der Waals surface area contributed by atoms with Crippen LogP contribution in [0.5, 0.6) is 5.75 Å². The molecule has 0 saturated carbocycles. The van der Waals surface area contributed by atoms with Gasteiger partial charge in [0.25, 0.3) is 5.91 Å². The van der Waals surface area contributed by atoms with Crippen molar-refractivity contribution >= 4 is 23.2 Å². The Morgan fingerprint density at radius 3 is 2.63 bits per heavy atom. The second kappa shape index (κ2) is 8.78. The molecule has 2 aromatic carbocycles. The molecule has 0 spiro atoms. The minimum atomic E-state index is -4.53. The number of hydrogen-bond acceptors (Lipinski definition) is 3. The van der Waals surface area contributed by atoms with Crippen molar-refractivity contribution < 1.29 is 22.7 Å². The Balaban J connectivity index is 2.20. The molecule has 0 N–H and O–H groups in total. The summed E-state index contributed by atoms with van der Waals surface area (Å²) in [5, 5.41) is 9.31. The van der Waals surface area contributed by atoms with Crippen molar-refractivity contribution in [1.29, 1.82) is 5.26 Å². The molecule has 1 amide bonds. The summed E-state index contributed by atoms with van der Waals surface area (Å²) >= 11 is 5.87. The zero-order valence-electron chi connectivity index (χ0n) is 14.4. The standard InChI is InChI=1S/C19H16ClF3N2O2/c1-13-10-15(20)6-7-17(13)27-12-18(26)25(9-3-8-24)16-5-2-4-14(11-16)19(21,22)23/h2,4-7,10-11H,3,9,12H2,1H3. The monoisotopic (exact) mass is 396 g/mol. The zero-order valence-corrected chi connectivity index (χ0v) is 15.1. The molecule has 0 heterocycles. The molecule has 0 bridgehead atoms. The van der Waals surface area contributed by atoms with Crippen LogP contribution in [0.1, 0.15) is 17.5 Å². The lowest BCUT2D eigenvalue weighted by atomic mass is 10.1. The van der Waals surface area contributed by atoms with Crippen LogP contribution in [-0.2, 0) is 11.0 Å². The second-order valence-corrected chi connectivity index (χ2v) is 6.14. The summed E-state index contributed by atoms with van der Waals surface area (Å²) in [6.45, 7) is 1.33. The summed E-state index contributed by atoms with van der Waals surface area (Å²) in [4.78, 5) is 13.7. The molecule has 4 nitrogen and oxygen atoms in total. The summed E-state index contributed by atoms with van der Waals surface area (Å²) in [6, 6.07) is 11.2. The Hall–Kier alpha value is -2.72. The number of nitrogens with zero attached hydrogens (tertiary/aromatic N) is 2. The van der Waals surface area contributed by atoms with Gasteiger partial charge in [-0.3, -0.25) is 4.79 Å². The van der Waals surface area contributed by atoms with Gasteiger partial charge in [0.05, 0.1) is 18.1 Å². The van der Waals surface area contributed by atoms with E-state index in [1.54, 1.807) is 25.1 Å². The van der Waals surface area contributed by atoms with Gasteiger partial charge in [-0.2, -0.15) is 18.4 Å². The number of carbonyl (C=O) groups is 1. The maximum Gasteiger partial charge on any atom is 0.416 e. The van der Waals surface area contributed by atoms with Crippen LogP contribution >= 0.6 is 11.6 Å². The van der Waals surface area contributed by atoms with Crippen molar-refractivity contribution in [3.63, 3.8) is 0 Å². The molecule has 8 heteroatoms. The predicted octanol–water partition coefficient (Wildman–Crippen LogP) is 4.99. The van der Waals surface area contributed by atoms with Gasteiger partial charge in [-0.05, 0) is 48.9 Å². The van der Waals surface area contributed by atoms with Gasteiger partial charge in [0, 0.05) is 17.3 Å². The predicted molar refractivity (Wildman–Crippen MR) is 95.7 cm³/mol. The molecule has 2 aromatic rings. The van der Waals surface area contributed by atoms with Crippen molar-refractivity contribution in [3.8, 4) is 11.8 Å². The molecule has 2 rings (SSSR count). The first kappa shape index (κ1) is 20.6. The highest BCUT2D eigenvalue weighted by atomic mass is 35.5. The molecule has 0 atom stereocenters. The van der Waals surface area contributed by atoms with E-state index in [4.69, 9.17) is 21.6 Å². The first-order valence-corrected chi connectivity index (χ1v) is 8.33. The highest BCUT2D eigenvalue weighted by Gasteiger charge is 2.31. The van der Waals surface area contributed by atoms with E-state index >= 15 is 0 Å². The van der Waals surface area contributed by atoms with Gasteiger partial charge in [0.15, 0.2) is 6.61 Å². The number of hydrogen-bond donors (Lipinski definition) is 0. The minimum absolute atomic E-state index is 0.0258. The maximum atomic E-state index is 12.9. The number of benzene rings is 2. The quantitative estimate of drug-likeness (QED) is 0.691. The van der Waals surface area contributed by atoms with Crippen LogP contribution in [0.25, 0.3) is 0 Å². The lowest BCUT2D eigenvalue weighted by Gasteiger charge is -2.23. The number of amides is 1. The molecule has 0 aromatic heterocycles. The van der Waals surface area contributed by atoms with Crippen molar-refractivity contribution in [2.45, 2.75) is 19.5 Å². The van der Waals surface area contributed by atoms with Crippen LogP contribution in [0.2, 0.25) is 5.02 Å². The SMILES string of the molecule is Cc1cc(Cl)ccc1OCC(=O)N(CCC#N)c1cccc(C(F)(F)F)c1. The molecule has 0 unspecified atom stereocenters. The smallest absolute Gasteiger partial charge is 0.416 e. The van der Waals surface area contributed by atoms with Crippen LogP contribution < -0.4 is 9.64 Å². The van der Waals surface area contributed by atoms with E-state index in [2.05, 4.69) is 0 Å². The van der Waals surface area contributed by atoms with Crippen molar-refractivity contribution in [2.24, 2.45) is 0 Å². The highest BCUT2D eigenvalue weighted by Crippen LogP contribution is 2.32. The van der Waals surface area contributed by atoms with E-state index in [9.17, 15) is 18.0 Å². The minimum Gasteiger partial charge on any atom is -0.483 e. The molecule has 0 saturated heterocycles. The Morgan fingerprint density at radius 1 is 1.26 bits per heavy atom. The third-order valence-electron chi connectivity index (χ3n) is 3.72. The number of alkyl halides is 3. The van der Waals surface area contributed by atoms with E-state index < -0.39 is 17.6 Å². The maximum absolute atomic E-state index is 12.9. The molecular weight excluding hydrogens is 381 g/mol. The second-order valence-electron chi connectivity index (χ2n) is 5.70. The summed E-state index contributed by atoms with van der Waals surface area (Å²) in [5.74, 6) is -0.115. The van der Waals surface area contributed by atoms with E-state index in [0.29, 0.717) is 10.8 Å². The first-order chi connectivity index (χ1) is 12.7. The number of ether oxygens (including phenoxy) is 1. The third kappa shape index (κ3) is 5.63. The molecule has 0 aliphatic rings. The number of halogens is 4. The third-order valence-corrected chi connectivity index (χ3v) is 3.96. The van der Waals surface area contributed by atoms with Crippen LogP contribution in [0, 0.1) is 18.3 Å². The fourth-order valence-electron chi connectivity index (χ4n) is 2.40. The van der Waals surface area contributed by atoms with Gasteiger partial charge < -0.3 is 9.64 Å². The summed E-state index contributed by atoms with van der Waals surface area (Å²) in [7, 11) is 0. The topological polar surface area (TPSA) is 53.3 Å². The Bertz CT molecular complexity index is 863. The normalized spacial score (nSPS) is 11.0. The molecular formula is C19H16ClF3N2O2. The van der Waals surface area contributed by atoms with Crippen molar-refractivity contribution in [1.82, 2.24) is 0 Å². The van der Waals surface area contributed by atoms with E-state index in [-0.39, 0.29) is 25.3 Å². The summed E-state index contributed by atoms with van der Waals surface area (Å²) < 4.78 is 44.3. The molecule has 0 aliphatic heterocycles. The molecule has 0 aliphatic carbocycles. The van der Waals surface area contributed by atoms with Gasteiger partial charge in [-0.15, -0.1) is 0 Å². The molecule has 27 heavy (non-hydrogen) atoms. The van der Waals surface area contributed by atoms with E-state index in [1.807, 2.05) is 6.07 Å². The van der Waals surface area contributed by atoms with E-state index in [0.717, 1.165) is 22.6 Å². The number of carbonyl (C=O) groups excluding carboxylic acids is 1. The fourth-order valence-corrected chi connectivity index (χ4v) is 2.63.